The van der Waals surface area contributed by atoms with Gasteiger partial charge in [0.25, 0.3) is 0 Å². The van der Waals surface area contributed by atoms with Crippen molar-refractivity contribution in [3.63, 3.8) is 0 Å². The maximum atomic E-state index is 10.0. The fraction of sp³-hybridized carbons (Fsp3) is 0.455. The fourth-order valence-electron chi connectivity index (χ4n) is 1.77. The standard InChI is InChI=1S/C11H13ClOS/c12-10-7-6-9(14-10)11(13)8-4-2-1-3-5-8/h4,6-7,11,13H,1-3,5H2. The van der Waals surface area contributed by atoms with Crippen molar-refractivity contribution in [1.29, 1.82) is 0 Å². The summed E-state index contributed by atoms with van der Waals surface area (Å²) in [5, 5.41) is 10.0. The van der Waals surface area contributed by atoms with E-state index >= 15 is 0 Å². The van der Waals surface area contributed by atoms with Crippen molar-refractivity contribution in [3.05, 3.63) is 33.0 Å². The van der Waals surface area contributed by atoms with Crippen molar-refractivity contribution in [1.82, 2.24) is 0 Å². The van der Waals surface area contributed by atoms with Crippen LogP contribution in [0.5, 0.6) is 0 Å². The summed E-state index contributed by atoms with van der Waals surface area (Å²) in [6.45, 7) is 0. The molecule has 0 saturated heterocycles. The largest absolute Gasteiger partial charge is 0.383 e. The molecule has 0 aliphatic heterocycles. The Morgan fingerprint density at radius 3 is 2.79 bits per heavy atom. The van der Waals surface area contributed by atoms with E-state index in [0.29, 0.717) is 0 Å². The molecule has 1 aliphatic carbocycles. The monoisotopic (exact) mass is 228 g/mol. The molecule has 1 nitrogen and oxygen atoms in total. The number of aliphatic hydroxyl groups is 1. The van der Waals surface area contributed by atoms with Crippen LogP contribution in [0.4, 0.5) is 0 Å². The van der Waals surface area contributed by atoms with Gasteiger partial charge in [0.1, 0.15) is 6.10 Å². The number of thiophene rings is 1. The molecule has 3 heteroatoms. The van der Waals surface area contributed by atoms with Gasteiger partial charge in [0.2, 0.25) is 0 Å². The van der Waals surface area contributed by atoms with E-state index in [1.165, 1.54) is 24.2 Å². The highest BCUT2D eigenvalue weighted by molar-refractivity contribution is 7.16. The third-order valence-corrected chi connectivity index (χ3v) is 3.82. The Morgan fingerprint density at radius 2 is 2.21 bits per heavy atom. The summed E-state index contributed by atoms with van der Waals surface area (Å²) < 4.78 is 0.746. The van der Waals surface area contributed by atoms with Crippen LogP contribution in [-0.2, 0) is 0 Å². The van der Waals surface area contributed by atoms with Gasteiger partial charge in [0.05, 0.1) is 4.34 Å². The zero-order valence-corrected chi connectivity index (χ0v) is 9.44. The SMILES string of the molecule is OC(C1=CCCCC1)c1ccc(Cl)s1. The first-order chi connectivity index (χ1) is 6.77. The molecule has 2 rings (SSSR count). The third kappa shape index (κ3) is 2.19. The lowest BCUT2D eigenvalue weighted by Gasteiger charge is -2.17. The van der Waals surface area contributed by atoms with Crippen molar-refractivity contribution >= 4 is 22.9 Å². The van der Waals surface area contributed by atoms with Crippen LogP contribution in [0.25, 0.3) is 0 Å². The van der Waals surface area contributed by atoms with Crippen molar-refractivity contribution < 1.29 is 5.11 Å². The van der Waals surface area contributed by atoms with Gasteiger partial charge in [-0.2, -0.15) is 0 Å². The Morgan fingerprint density at radius 1 is 1.36 bits per heavy atom. The summed E-state index contributed by atoms with van der Waals surface area (Å²) in [6.07, 6.45) is 6.32. The molecule has 0 fully saturated rings. The van der Waals surface area contributed by atoms with Crippen LogP contribution in [0.2, 0.25) is 4.34 Å². The van der Waals surface area contributed by atoms with Crippen LogP contribution in [-0.4, -0.2) is 5.11 Å². The summed E-state index contributed by atoms with van der Waals surface area (Å²) in [4.78, 5) is 0.961. The van der Waals surface area contributed by atoms with Gasteiger partial charge in [0, 0.05) is 4.88 Å². The van der Waals surface area contributed by atoms with E-state index in [0.717, 1.165) is 27.6 Å². The lowest BCUT2D eigenvalue weighted by molar-refractivity contribution is 0.212. The topological polar surface area (TPSA) is 20.2 Å². The van der Waals surface area contributed by atoms with Crippen molar-refractivity contribution in [2.24, 2.45) is 0 Å². The Bertz CT molecular complexity index is 343. The molecule has 0 radical (unpaired) electrons. The van der Waals surface area contributed by atoms with Crippen LogP contribution in [0.15, 0.2) is 23.8 Å². The van der Waals surface area contributed by atoms with Crippen LogP contribution < -0.4 is 0 Å². The molecular formula is C11H13ClOS. The summed E-state index contributed by atoms with van der Waals surface area (Å²) in [6, 6.07) is 3.75. The van der Waals surface area contributed by atoms with Crippen LogP contribution >= 0.6 is 22.9 Å². The molecule has 1 aromatic rings. The van der Waals surface area contributed by atoms with Crippen LogP contribution in [0.3, 0.4) is 0 Å². The smallest absolute Gasteiger partial charge is 0.109 e. The van der Waals surface area contributed by atoms with E-state index in [1.54, 1.807) is 0 Å². The zero-order valence-electron chi connectivity index (χ0n) is 7.87. The lowest BCUT2D eigenvalue weighted by Crippen LogP contribution is -2.02. The predicted octanol–water partition coefficient (Wildman–Crippen LogP) is 3.94. The molecule has 14 heavy (non-hydrogen) atoms. The first-order valence-corrected chi connectivity index (χ1v) is 6.09. The first kappa shape index (κ1) is 10.2. The van der Waals surface area contributed by atoms with Gasteiger partial charge in [-0.1, -0.05) is 17.7 Å². The molecule has 0 amide bonds. The summed E-state index contributed by atoms with van der Waals surface area (Å²) in [5.41, 5.74) is 1.16. The van der Waals surface area contributed by atoms with Gasteiger partial charge in [0.15, 0.2) is 0 Å². The molecule has 1 N–H and O–H groups in total. The number of hydrogen-bond acceptors (Lipinski definition) is 2. The molecule has 0 aromatic carbocycles. The highest BCUT2D eigenvalue weighted by Gasteiger charge is 2.16. The minimum Gasteiger partial charge on any atom is -0.383 e. The van der Waals surface area contributed by atoms with Gasteiger partial charge in [-0.3, -0.25) is 0 Å². The summed E-state index contributed by atoms with van der Waals surface area (Å²) in [7, 11) is 0. The first-order valence-electron chi connectivity index (χ1n) is 4.89. The molecule has 1 aliphatic rings. The van der Waals surface area contributed by atoms with Crippen molar-refractivity contribution in [2.75, 3.05) is 0 Å². The molecule has 1 heterocycles. The highest BCUT2D eigenvalue weighted by atomic mass is 35.5. The average Bonchev–Trinajstić information content (AvgIpc) is 2.65. The number of rotatable bonds is 2. The Kier molecular flexibility index (Phi) is 3.26. The van der Waals surface area contributed by atoms with E-state index in [4.69, 9.17) is 11.6 Å². The maximum absolute atomic E-state index is 10.0. The number of aliphatic hydroxyl groups excluding tert-OH is 1. The van der Waals surface area contributed by atoms with Gasteiger partial charge in [-0.15, -0.1) is 11.3 Å². The zero-order chi connectivity index (χ0) is 9.97. The molecule has 76 valence electrons. The van der Waals surface area contributed by atoms with Gasteiger partial charge >= 0.3 is 0 Å². The quantitative estimate of drug-likeness (QED) is 0.761. The van der Waals surface area contributed by atoms with E-state index in [1.807, 2.05) is 12.1 Å². The number of allylic oxidation sites excluding steroid dienone is 1. The minimum absolute atomic E-state index is 0.423. The fourth-order valence-corrected chi connectivity index (χ4v) is 2.86. The van der Waals surface area contributed by atoms with Crippen LogP contribution in [0, 0.1) is 0 Å². The van der Waals surface area contributed by atoms with Crippen molar-refractivity contribution in [2.45, 2.75) is 31.8 Å². The van der Waals surface area contributed by atoms with Crippen molar-refractivity contribution in [3.8, 4) is 0 Å². The number of halogens is 1. The molecule has 0 saturated carbocycles. The molecule has 1 atom stereocenters. The van der Waals surface area contributed by atoms with Crippen LogP contribution in [0.1, 0.15) is 36.7 Å². The Hall–Kier alpha value is -0.310. The van der Waals surface area contributed by atoms with Gasteiger partial charge in [-0.25, -0.2) is 0 Å². The molecule has 1 aromatic heterocycles. The van der Waals surface area contributed by atoms with E-state index in [9.17, 15) is 5.11 Å². The number of hydrogen-bond donors (Lipinski definition) is 1. The Balaban J connectivity index is 2.14. The normalized spacial score (nSPS) is 19.1. The van der Waals surface area contributed by atoms with E-state index < -0.39 is 6.10 Å². The average molecular weight is 229 g/mol. The molecule has 0 spiro atoms. The summed E-state index contributed by atoms with van der Waals surface area (Å²) >= 11 is 7.30. The highest BCUT2D eigenvalue weighted by Crippen LogP contribution is 2.34. The second-order valence-corrected chi connectivity index (χ2v) is 5.32. The second kappa shape index (κ2) is 4.47. The van der Waals surface area contributed by atoms with Gasteiger partial charge in [-0.05, 0) is 43.4 Å². The molecule has 0 bridgehead atoms. The maximum Gasteiger partial charge on any atom is 0.109 e. The molecular weight excluding hydrogens is 216 g/mol. The van der Waals surface area contributed by atoms with Gasteiger partial charge < -0.3 is 5.11 Å². The molecule has 1 unspecified atom stereocenters. The van der Waals surface area contributed by atoms with E-state index in [2.05, 4.69) is 6.08 Å². The second-order valence-electron chi connectivity index (χ2n) is 3.57. The minimum atomic E-state index is -0.423. The Labute approximate surface area is 93.0 Å². The van der Waals surface area contributed by atoms with E-state index in [-0.39, 0.29) is 0 Å². The predicted molar refractivity (Wildman–Crippen MR) is 60.8 cm³/mol. The lowest BCUT2D eigenvalue weighted by atomic mass is 9.95. The summed E-state index contributed by atoms with van der Waals surface area (Å²) in [5.74, 6) is 0. The third-order valence-electron chi connectivity index (χ3n) is 2.54.